The van der Waals surface area contributed by atoms with E-state index in [0.29, 0.717) is 11.3 Å². The highest BCUT2D eigenvalue weighted by atomic mass is 32.2. The molecule has 0 aliphatic heterocycles. The number of hydrogen-bond acceptors (Lipinski definition) is 4. The molecule has 0 fully saturated rings. The van der Waals surface area contributed by atoms with Crippen molar-refractivity contribution in [1.29, 1.82) is 0 Å². The lowest BCUT2D eigenvalue weighted by Crippen LogP contribution is -2.37. The van der Waals surface area contributed by atoms with Gasteiger partial charge in [-0.15, -0.1) is 0 Å². The molecule has 0 saturated carbocycles. The van der Waals surface area contributed by atoms with Gasteiger partial charge < -0.3 is 10.5 Å². The van der Waals surface area contributed by atoms with Gasteiger partial charge in [-0.25, -0.2) is 8.42 Å². The van der Waals surface area contributed by atoms with Gasteiger partial charge in [-0.2, -0.15) is 4.72 Å². The number of carbonyl (C=O) groups is 1. The monoisotopic (exact) mass is 320 g/mol. The second kappa shape index (κ2) is 6.59. The lowest BCUT2D eigenvalue weighted by Gasteiger charge is -2.16. The van der Waals surface area contributed by atoms with Crippen molar-refractivity contribution in [2.45, 2.75) is 10.9 Å². The highest BCUT2D eigenvalue weighted by Crippen LogP contribution is 2.19. The minimum absolute atomic E-state index is 0.0236. The Hall–Kier alpha value is -2.38. The molecule has 1 atom stereocenters. The van der Waals surface area contributed by atoms with Crippen molar-refractivity contribution in [3.8, 4) is 5.75 Å². The van der Waals surface area contributed by atoms with E-state index in [0.717, 1.165) is 0 Å². The van der Waals surface area contributed by atoms with Crippen molar-refractivity contribution in [2.24, 2.45) is 5.73 Å². The molecule has 0 unspecified atom stereocenters. The van der Waals surface area contributed by atoms with Crippen LogP contribution in [-0.2, 0) is 14.8 Å². The number of benzene rings is 2. The summed E-state index contributed by atoms with van der Waals surface area (Å²) in [6.45, 7) is 0. The van der Waals surface area contributed by atoms with Crippen LogP contribution in [0.25, 0.3) is 0 Å². The Bertz CT molecular complexity index is 743. The predicted molar refractivity (Wildman–Crippen MR) is 81.7 cm³/mol. The van der Waals surface area contributed by atoms with Gasteiger partial charge in [-0.05, 0) is 29.8 Å². The van der Waals surface area contributed by atoms with Gasteiger partial charge in [0, 0.05) is 0 Å². The Balaban J connectivity index is 2.30. The number of primary amides is 1. The standard InChI is InChI=1S/C15H16N2O4S/c1-21-12-7-9-13(10-8-12)22(19,20)17-14(15(16)18)11-5-3-2-4-6-11/h2-10,14,17H,1H3,(H2,16,18)/t14-/m0/s1. The van der Waals surface area contributed by atoms with Crippen molar-refractivity contribution in [3.05, 3.63) is 60.2 Å². The normalized spacial score (nSPS) is 12.6. The molecule has 116 valence electrons. The summed E-state index contributed by atoms with van der Waals surface area (Å²) in [5.41, 5.74) is 5.79. The largest absolute Gasteiger partial charge is 0.497 e. The van der Waals surface area contributed by atoms with E-state index in [9.17, 15) is 13.2 Å². The fourth-order valence-electron chi connectivity index (χ4n) is 1.91. The summed E-state index contributed by atoms with van der Waals surface area (Å²) in [5, 5.41) is 0. The molecule has 2 aromatic carbocycles. The van der Waals surface area contributed by atoms with Gasteiger partial charge in [0.05, 0.1) is 12.0 Å². The van der Waals surface area contributed by atoms with Crippen LogP contribution >= 0.6 is 0 Å². The SMILES string of the molecule is COc1ccc(S(=O)(=O)N[C@H](C(N)=O)c2ccccc2)cc1. The molecule has 0 radical (unpaired) electrons. The third kappa shape index (κ3) is 3.63. The van der Waals surface area contributed by atoms with Gasteiger partial charge in [0.2, 0.25) is 15.9 Å². The second-order valence-electron chi connectivity index (χ2n) is 4.54. The van der Waals surface area contributed by atoms with Crippen LogP contribution in [-0.4, -0.2) is 21.4 Å². The molecule has 1 amide bonds. The Morgan fingerprint density at radius 3 is 2.18 bits per heavy atom. The average molecular weight is 320 g/mol. The average Bonchev–Trinajstić information content (AvgIpc) is 2.53. The van der Waals surface area contributed by atoms with Crippen LogP contribution in [0.15, 0.2) is 59.5 Å². The zero-order chi connectivity index (χ0) is 16.2. The number of rotatable bonds is 6. The van der Waals surface area contributed by atoms with Crippen LogP contribution in [0, 0.1) is 0 Å². The van der Waals surface area contributed by atoms with E-state index in [1.807, 2.05) is 0 Å². The van der Waals surface area contributed by atoms with Gasteiger partial charge in [-0.1, -0.05) is 30.3 Å². The van der Waals surface area contributed by atoms with E-state index in [1.165, 1.54) is 31.4 Å². The first kappa shape index (κ1) is 16.0. The number of methoxy groups -OCH3 is 1. The number of amides is 1. The van der Waals surface area contributed by atoms with Gasteiger partial charge in [0.1, 0.15) is 11.8 Å². The fourth-order valence-corrected chi connectivity index (χ4v) is 3.11. The molecule has 7 heteroatoms. The first-order chi connectivity index (χ1) is 10.4. The highest BCUT2D eigenvalue weighted by molar-refractivity contribution is 7.89. The van der Waals surface area contributed by atoms with Crippen molar-refractivity contribution in [1.82, 2.24) is 4.72 Å². The molecule has 0 bridgehead atoms. The Morgan fingerprint density at radius 2 is 1.68 bits per heavy atom. The molecule has 0 spiro atoms. The molecule has 0 saturated heterocycles. The Morgan fingerprint density at radius 1 is 1.09 bits per heavy atom. The molecule has 2 aromatic rings. The number of nitrogens with two attached hydrogens (primary N) is 1. The zero-order valence-corrected chi connectivity index (χ0v) is 12.7. The molecule has 0 heterocycles. The van der Waals surface area contributed by atoms with E-state index in [1.54, 1.807) is 30.3 Å². The van der Waals surface area contributed by atoms with Gasteiger partial charge >= 0.3 is 0 Å². The zero-order valence-electron chi connectivity index (χ0n) is 11.9. The first-order valence-corrected chi connectivity index (χ1v) is 7.93. The Labute approximate surface area is 129 Å². The van der Waals surface area contributed by atoms with Gasteiger partial charge in [-0.3, -0.25) is 4.79 Å². The number of sulfonamides is 1. The van der Waals surface area contributed by atoms with Crippen LogP contribution < -0.4 is 15.2 Å². The van der Waals surface area contributed by atoms with Crippen LogP contribution in [0.5, 0.6) is 5.75 Å². The van der Waals surface area contributed by atoms with Crippen LogP contribution in [0.2, 0.25) is 0 Å². The third-order valence-electron chi connectivity index (χ3n) is 3.06. The number of ether oxygens (including phenoxy) is 1. The number of nitrogens with one attached hydrogen (secondary N) is 1. The van der Waals surface area contributed by atoms with Crippen LogP contribution in [0.3, 0.4) is 0 Å². The minimum atomic E-state index is -3.88. The van der Waals surface area contributed by atoms with Crippen molar-refractivity contribution < 1.29 is 17.9 Å². The molecule has 2 rings (SSSR count). The topological polar surface area (TPSA) is 98.5 Å². The molecule has 6 nitrogen and oxygen atoms in total. The number of carbonyl (C=O) groups excluding carboxylic acids is 1. The summed E-state index contributed by atoms with van der Waals surface area (Å²) < 4.78 is 32.0. The van der Waals surface area contributed by atoms with Crippen molar-refractivity contribution in [3.63, 3.8) is 0 Å². The van der Waals surface area contributed by atoms with E-state index >= 15 is 0 Å². The quantitative estimate of drug-likeness (QED) is 0.835. The van der Waals surface area contributed by atoms with Crippen molar-refractivity contribution >= 4 is 15.9 Å². The van der Waals surface area contributed by atoms with E-state index in [-0.39, 0.29) is 4.90 Å². The van der Waals surface area contributed by atoms with E-state index < -0.39 is 22.0 Å². The summed E-state index contributed by atoms with van der Waals surface area (Å²) in [6, 6.07) is 13.1. The minimum Gasteiger partial charge on any atom is -0.497 e. The van der Waals surface area contributed by atoms with Crippen LogP contribution in [0.4, 0.5) is 0 Å². The van der Waals surface area contributed by atoms with Crippen molar-refractivity contribution in [2.75, 3.05) is 7.11 Å². The van der Waals surface area contributed by atoms with Gasteiger partial charge in [0.25, 0.3) is 0 Å². The molecule has 3 N–H and O–H groups in total. The lowest BCUT2D eigenvalue weighted by atomic mass is 10.1. The molecule has 0 aliphatic carbocycles. The fraction of sp³-hybridized carbons (Fsp3) is 0.133. The van der Waals surface area contributed by atoms with E-state index in [2.05, 4.69) is 4.72 Å². The maximum atomic E-state index is 12.4. The summed E-state index contributed by atoms with van der Waals surface area (Å²) >= 11 is 0. The molecule has 22 heavy (non-hydrogen) atoms. The summed E-state index contributed by atoms with van der Waals surface area (Å²) in [5.74, 6) is -0.239. The summed E-state index contributed by atoms with van der Waals surface area (Å²) in [6.07, 6.45) is 0. The Kier molecular flexibility index (Phi) is 4.79. The maximum Gasteiger partial charge on any atom is 0.241 e. The molecular weight excluding hydrogens is 304 g/mol. The van der Waals surface area contributed by atoms with E-state index in [4.69, 9.17) is 10.5 Å². The van der Waals surface area contributed by atoms with Gasteiger partial charge in [0.15, 0.2) is 0 Å². The second-order valence-corrected chi connectivity index (χ2v) is 6.26. The molecular formula is C15H16N2O4S. The number of hydrogen-bond donors (Lipinski definition) is 2. The molecule has 0 aromatic heterocycles. The molecule has 0 aliphatic rings. The highest BCUT2D eigenvalue weighted by Gasteiger charge is 2.25. The summed E-state index contributed by atoms with van der Waals surface area (Å²) in [4.78, 5) is 11.6. The lowest BCUT2D eigenvalue weighted by molar-refractivity contribution is -0.119. The maximum absolute atomic E-state index is 12.4. The first-order valence-electron chi connectivity index (χ1n) is 6.44. The van der Waals surface area contributed by atoms with Crippen LogP contribution in [0.1, 0.15) is 11.6 Å². The predicted octanol–water partition coefficient (Wildman–Crippen LogP) is 1.20. The smallest absolute Gasteiger partial charge is 0.241 e. The third-order valence-corrected chi connectivity index (χ3v) is 4.50. The summed E-state index contributed by atoms with van der Waals surface area (Å²) in [7, 11) is -2.40.